The summed E-state index contributed by atoms with van der Waals surface area (Å²) in [4.78, 5) is 4.49. The SMILES string of the molecule is CCc1cc(NN)c2c(Cl)c(C)cc(Cl)c2n1. The number of halogens is 2. The Balaban J connectivity index is 2.93. The van der Waals surface area contributed by atoms with Crippen molar-refractivity contribution >= 4 is 39.8 Å². The van der Waals surface area contributed by atoms with Gasteiger partial charge in [0, 0.05) is 11.1 Å². The fraction of sp³-hybridized carbons (Fsp3) is 0.250. The number of anilines is 1. The molecule has 0 aliphatic carbocycles. The van der Waals surface area contributed by atoms with E-state index in [-0.39, 0.29) is 0 Å². The van der Waals surface area contributed by atoms with Gasteiger partial charge in [0.05, 0.1) is 21.2 Å². The minimum atomic E-state index is 0.591. The average molecular weight is 270 g/mol. The van der Waals surface area contributed by atoms with E-state index in [4.69, 9.17) is 29.0 Å². The molecule has 0 radical (unpaired) electrons. The van der Waals surface area contributed by atoms with Crippen LogP contribution >= 0.6 is 23.2 Å². The van der Waals surface area contributed by atoms with Gasteiger partial charge in [0.15, 0.2) is 0 Å². The van der Waals surface area contributed by atoms with Gasteiger partial charge in [-0.05, 0) is 31.0 Å². The molecule has 3 N–H and O–H groups in total. The predicted molar refractivity (Wildman–Crippen MR) is 73.7 cm³/mol. The van der Waals surface area contributed by atoms with Crippen LogP contribution in [0.25, 0.3) is 10.9 Å². The zero-order valence-electron chi connectivity index (χ0n) is 9.64. The number of fused-ring (bicyclic) bond motifs is 1. The molecule has 0 unspecified atom stereocenters. The molecular weight excluding hydrogens is 257 g/mol. The average Bonchev–Trinajstić information content (AvgIpc) is 2.34. The molecule has 1 aromatic heterocycles. The topological polar surface area (TPSA) is 50.9 Å². The van der Waals surface area contributed by atoms with E-state index >= 15 is 0 Å². The number of benzene rings is 1. The molecule has 0 fully saturated rings. The highest BCUT2D eigenvalue weighted by Gasteiger charge is 2.13. The Morgan fingerprint density at radius 2 is 2.06 bits per heavy atom. The number of hydrogen-bond donors (Lipinski definition) is 2. The molecule has 1 heterocycles. The van der Waals surface area contributed by atoms with Crippen LogP contribution in [0.3, 0.4) is 0 Å². The van der Waals surface area contributed by atoms with Crippen LogP contribution in [0.1, 0.15) is 18.2 Å². The first-order valence-corrected chi connectivity index (χ1v) is 6.09. The van der Waals surface area contributed by atoms with Crippen molar-refractivity contribution < 1.29 is 0 Å². The quantitative estimate of drug-likeness (QED) is 0.646. The van der Waals surface area contributed by atoms with E-state index in [0.717, 1.165) is 28.8 Å². The predicted octanol–water partition coefficient (Wildman–Crippen LogP) is 3.70. The van der Waals surface area contributed by atoms with E-state index in [2.05, 4.69) is 10.4 Å². The molecule has 2 aromatic rings. The Kier molecular flexibility index (Phi) is 3.43. The summed E-state index contributed by atoms with van der Waals surface area (Å²) in [6.45, 7) is 3.93. The summed E-state index contributed by atoms with van der Waals surface area (Å²) in [6, 6.07) is 3.71. The van der Waals surface area contributed by atoms with Gasteiger partial charge in [-0.15, -0.1) is 0 Å². The van der Waals surface area contributed by atoms with Crippen LogP contribution in [-0.2, 0) is 6.42 Å². The van der Waals surface area contributed by atoms with Crippen LogP contribution in [0.4, 0.5) is 5.69 Å². The Labute approximate surface area is 110 Å². The van der Waals surface area contributed by atoms with Crippen molar-refractivity contribution in [3.05, 3.63) is 33.4 Å². The van der Waals surface area contributed by atoms with Crippen LogP contribution in [0.5, 0.6) is 0 Å². The molecule has 90 valence electrons. The summed E-state index contributed by atoms with van der Waals surface area (Å²) in [5.74, 6) is 5.53. The highest BCUT2D eigenvalue weighted by molar-refractivity contribution is 6.41. The van der Waals surface area contributed by atoms with E-state index in [9.17, 15) is 0 Å². The molecule has 0 atom stereocenters. The fourth-order valence-electron chi connectivity index (χ4n) is 1.81. The molecular formula is C12H13Cl2N3. The third-order valence-electron chi connectivity index (χ3n) is 2.73. The van der Waals surface area contributed by atoms with Crippen LogP contribution in [0.2, 0.25) is 10.0 Å². The summed E-state index contributed by atoms with van der Waals surface area (Å²) in [6.07, 6.45) is 0.812. The summed E-state index contributed by atoms with van der Waals surface area (Å²) in [5.41, 5.74) is 5.93. The standard InChI is InChI=1S/C12H13Cl2N3/c1-3-7-5-9(17-15)10-11(14)6(2)4-8(13)12(10)16-7/h4-5H,3,15H2,1-2H3,(H,16,17). The number of nitrogens with one attached hydrogen (secondary N) is 1. The molecule has 0 aliphatic heterocycles. The Morgan fingerprint density at radius 1 is 1.35 bits per heavy atom. The van der Waals surface area contributed by atoms with Crippen LogP contribution in [-0.4, -0.2) is 4.98 Å². The number of nitrogen functional groups attached to an aromatic ring is 1. The fourth-order valence-corrected chi connectivity index (χ4v) is 2.35. The summed E-state index contributed by atoms with van der Waals surface area (Å²) < 4.78 is 0. The molecule has 2 rings (SSSR count). The molecule has 1 aromatic carbocycles. The molecule has 0 saturated heterocycles. The van der Waals surface area contributed by atoms with Gasteiger partial charge in [0.25, 0.3) is 0 Å². The number of hydrazine groups is 1. The molecule has 0 aliphatic rings. The maximum absolute atomic E-state index is 6.28. The van der Waals surface area contributed by atoms with E-state index in [0.29, 0.717) is 15.6 Å². The van der Waals surface area contributed by atoms with E-state index in [1.54, 1.807) is 0 Å². The van der Waals surface area contributed by atoms with E-state index in [1.807, 2.05) is 26.0 Å². The summed E-state index contributed by atoms with van der Waals surface area (Å²) in [7, 11) is 0. The van der Waals surface area contributed by atoms with Crippen molar-refractivity contribution in [1.82, 2.24) is 4.98 Å². The lowest BCUT2D eigenvalue weighted by molar-refractivity contribution is 1.06. The number of hydrogen-bond acceptors (Lipinski definition) is 3. The first kappa shape index (κ1) is 12.4. The van der Waals surface area contributed by atoms with Crippen LogP contribution in [0.15, 0.2) is 12.1 Å². The third-order valence-corrected chi connectivity index (χ3v) is 3.50. The van der Waals surface area contributed by atoms with Gasteiger partial charge >= 0.3 is 0 Å². The third kappa shape index (κ3) is 2.06. The molecule has 5 heteroatoms. The van der Waals surface area contributed by atoms with Gasteiger partial charge in [-0.3, -0.25) is 10.8 Å². The van der Waals surface area contributed by atoms with E-state index in [1.165, 1.54) is 0 Å². The Bertz CT molecular complexity index is 582. The molecule has 0 spiro atoms. The first-order valence-electron chi connectivity index (χ1n) is 5.33. The van der Waals surface area contributed by atoms with Crippen molar-refractivity contribution in [3.63, 3.8) is 0 Å². The second-order valence-corrected chi connectivity index (χ2v) is 4.66. The smallest absolute Gasteiger partial charge is 0.0927 e. The van der Waals surface area contributed by atoms with Gasteiger partial charge in [0.2, 0.25) is 0 Å². The summed E-state index contributed by atoms with van der Waals surface area (Å²) >= 11 is 12.5. The minimum absolute atomic E-state index is 0.591. The van der Waals surface area contributed by atoms with Gasteiger partial charge in [-0.2, -0.15) is 0 Å². The number of pyridine rings is 1. The van der Waals surface area contributed by atoms with E-state index < -0.39 is 0 Å². The largest absolute Gasteiger partial charge is 0.323 e. The molecule has 3 nitrogen and oxygen atoms in total. The Morgan fingerprint density at radius 3 is 2.65 bits per heavy atom. The number of nitrogens with two attached hydrogens (primary N) is 1. The number of aryl methyl sites for hydroxylation is 2. The molecule has 0 bridgehead atoms. The monoisotopic (exact) mass is 269 g/mol. The lowest BCUT2D eigenvalue weighted by atomic mass is 10.1. The minimum Gasteiger partial charge on any atom is -0.323 e. The Hall–Kier alpha value is -1.03. The summed E-state index contributed by atoms with van der Waals surface area (Å²) in [5, 5.41) is 2.00. The van der Waals surface area contributed by atoms with Crippen molar-refractivity contribution in [2.75, 3.05) is 5.43 Å². The van der Waals surface area contributed by atoms with Crippen molar-refractivity contribution in [2.24, 2.45) is 5.84 Å². The normalized spacial score (nSPS) is 10.9. The van der Waals surface area contributed by atoms with Gasteiger partial charge in [-0.1, -0.05) is 30.1 Å². The zero-order valence-corrected chi connectivity index (χ0v) is 11.2. The van der Waals surface area contributed by atoms with Crippen LogP contribution in [0, 0.1) is 6.92 Å². The number of aromatic nitrogens is 1. The number of rotatable bonds is 2. The van der Waals surface area contributed by atoms with Crippen molar-refractivity contribution in [2.45, 2.75) is 20.3 Å². The lowest BCUT2D eigenvalue weighted by Crippen LogP contribution is -2.09. The maximum atomic E-state index is 6.28. The second-order valence-electron chi connectivity index (χ2n) is 3.87. The van der Waals surface area contributed by atoms with Gasteiger partial charge in [-0.25, -0.2) is 0 Å². The molecule has 0 amide bonds. The van der Waals surface area contributed by atoms with Crippen LogP contribution < -0.4 is 11.3 Å². The highest BCUT2D eigenvalue weighted by atomic mass is 35.5. The molecule has 17 heavy (non-hydrogen) atoms. The van der Waals surface area contributed by atoms with Crippen molar-refractivity contribution in [1.29, 1.82) is 0 Å². The zero-order chi connectivity index (χ0) is 12.6. The van der Waals surface area contributed by atoms with Crippen molar-refractivity contribution in [3.8, 4) is 0 Å². The highest BCUT2D eigenvalue weighted by Crippen LogP contribution is 2.36. The first-order chi connectivity index (χ1) is 8.08. The van der Waals surface area contributed by atoms with Gasteiger partial charge < -0.3 is 5.43 Å². The molecule has 0 saturated carbocycles. The number of nitrogens with zero attached hydrogens (tertiary/aromatic N) is 1. The maximum Gasteiger partial charge on any atom is 0.0927 e. The lowest BCUT2D eigenvalue weighted by Gasteiger charge is -2.12. The second kappa shape index (κ2) is 4.69. The van der Waals surface area contributed by atoms with Gasteiger partial charge in [0.1, 0.15) is 0 Å².